The summed E-state index contributed by atoms with van der Waals surface area (Å²) < 4.78 is 0. The number of hydrogen-bond donors (Lipinski definition) is 0. The SMILES string of the molecule is CCN(CC)CCC(CCN(CC)CC)C(C)C. The minimum absolute atomic E-state index is 0.816. The fourth-order valence-corrected chi connectivity index (χ4v) is 2.59. The average molecular weight is 256 g/mol. The molecule has 0 rings (SSSR count). The van der Waals surface area contributed by atoms with Crippen molar-refractivity contribution in [2.75, 3.05) is 39.3 Å². The summed E-state index contributed by atoms with van der Waals surface area (Å²) in [6.45, 7) is 21.1. The quantitative estimate of drug-likeness (QED) is 0.556. The summed E-state index contributed by atoms with van der Waals surface area (Å²) in [7, 11) is 0. The molecule has 0 aromatic carbocycles. The van der Waals surface area contributed by atoms with Gasteiger partial charge in [0, 0.05) is 0 Å². The molecule has 0 saturated heterocycles. The lowest BCUT2D eigenvalue weighted by Gasteiger charge is -2.27. The second-order valence-electron chi connectivity index (χ2n) is 5.64. The minimum atomic E-state index is 0.816. The Hall–Kier alpha value is -0.0800. The molecule has 0 unspecified atom stereocenters. The van der Waals surface area contributed by atoms with Gasteiger partial charge >= 0.3 is 0 Å². The third-order valence-corrected chi connectivity index (χ3v) is 4.36. The molecule has 0 aromatic rings. The molecule has 0 bridgehead atoms. The first-order chi connectivity index (χ1) is 8.58. The van der Waals surface area contributed by atoms with Crippen molar-refractivity contribution in [3.63, 3.8) is 0 Å². The van der Waals surface area contributed by atoms with E-state index in [1.807, 2.05) is 0 Å². The molecule has 0 heterocycles. The molecule has 110 valence electrons. The molecule has 0 spiro atoms. The third-order valence-electron chi connectivity index (χ3n) is 4.36. The number of hydrogen-bond acceptors (Lipinski definition) is 2. The van der Waals surface area contributed by atoms with Crippen LogP contribution >= 0.6 is 0 Å². The Morgan fingerprint density at radius 2 is 1.00 bits per heavy atom. The first kappa shape index (κ1) is 17.9. The van der Waals surface area contributed by atoms with E-state index in [1.165, 1.54) is 52.1 Å². The smallest absolute Gasteiger partial charge is 0.00162 e. The van der Waals surface area contributed by atoms with Crippen LogP contribution in [0.25, 0.3) is 0 Å². The van der Waals surface area contributed by atoms with Gasteiger partial charge in [-0.3, -0.25) is 0 Å². The van der Waals surface area contributed by atoms with Crippen molar-refractivity contribution in [2.45, 2.75) is 54.4 Å². The van der Waals surface area contributed by atoms with E-state index in [2.05, 4.69) is 51.3 Å². The lowest BCUT2D eigenvalue weighted by molar-refractivity contribution is 0.213. The molecule has 0 amide bonds. The molecule has 0 saturated carbocycles. The Bertz CT molecular complexity index is 156. The summed E-state index contributed by atoms with van der Waals surface area (Å²) in [5, 5.41) is 0. The molecular weight excluding hydrogens is 220 g/mol. The van der Waals surface area contributed by atoms with Crippen LogP contribution in [-0.4, -0.2) is 49.1 Å². The monoisotopic (exact) mass is 256 g/mol. The molecule has 0 aliphatic heterocycles. The van der Waals surface area contributed by atoms with Gasteiger partial charge in [-0.15, -0.1) is 0 Å². The van der Waals surface area contributed by atoms with Gasteiger partial charge < -0.3 is 9.80 Å². The second kappa shape index (κ2) is 10.8. The Morgan fingerprint density at radius 3 is 1.22 bits per heavy atom. The lowest BCUT2D eigenvalue weighted by atomic mass is 9.89. The van der Waals surface area contributed by atoms with Crippen LogP contribution in [0.1, 0.15) is 54.4 Å². The zero-order chi connectivity index (χ0) is 14.0. The van der Waals surface area contributed by atoms with E-state index < -0.39 is 0 Å². The minimum Gasteiger partial charge on any atom is -0.304 e. The van der Waals surface area contributed by atoms with E-state index in [9.17, 15) is 0 Å². The van der Waals surface area contributed by atoms with Crippen molar-refractivity contribution in [3.8, 4) is 0 Å². The van der Waals surface area contributed by atoms with Crippen molar-refractivity contribution in [1.29, 1.82) is 0 Å². The van der Waals surface area contributed by atoms with E-state index in [4.69, 9.17) is 0 Å². The highest BCUT2D eigenvalue weighted by atomic mass is 15.1. The Labute approximate surface area is 116 Å². The lowest BCUT2D eigenvalue weighted by Crippen LogP contribution is -2.30. The van der Waals surface area contributed by atoms with Gasteiger partial charge in [0.25, 0.3) is 0 Å². The van der Waals surface area contributed by atoms with Gasteiger partial charge in [0.05, 0.1) is 0 Å². The molecule has 18 heavy (non-hydrogen) atoms. The average Bonchev–Trinajstić information content (AvgIpc) is 2.37. The van der Waals surface area contributed by atoms with Gasteiger partial charge in [-0.25, -0.2) is 0 Å². The fourth-order valence-electron chi connectivity index (χ4n) is 2.59. The number of nitrogens with zero attached hydrogens (tertiary/aromatic N) is 2. The number of rotatable bonds is 11. The second-order valence-corrected chi connectivity index (χ2v) is 5.64. The molecule has 0 aromatic heterocycles. The molecule has 0 aliphatic rings. The van der Waals surface area contributed by atoms with Crippen molar-refractivity contribution >= 4 is 0 Å². The van der Waals surface area contributed by atoms with E-state index in [1.54, 1.807) is 0 Å². The van der Waals surface area contributed by atoms with Gasteiger partial charge in [0.2, 0.25) is 0 Å². The highest BCUT2D eigenvalue weighted by molar-refractivity contribution is 4.68. The van der Waals surface area contributed by atoms with Crippen LogP contribution in [0.3, 0.4) is 0 Å². The zero-order valence-corrected chi connectivity index (χ0v) is 13.7. The van der Waals surface area contributed by atoms with Crippen LogP contribution in [0.15, 0.2) is 0 Å². The van der Waals surface area contributed by atoms with Gasteiger partial charge in [0.1, 0.15) is 0 Å². The third kappa shape index (κ3) is 7.38. The topological polar surface area (TPSA) is 6.48 Å². The largest absolute Gasteiger partial charge is 0.304 e. The predicted octanol–water partition coefficient (Wildman–Crippen LogP) is 3.72. The molecule has 0 atom stereocenters. The summed E-state index contributed by atoms with van der Waals surface area (Å²) >= 11 is 0. The zero-order valence-electron chi connectivity index (χ0n) is 13.7. The molecule has 0 aliphatic carbocycles. The van der Waals surface area contributed by atoms with Crippen LogP contribution in [-0.2, 0) is 0 Å². The van der Waals surface area contributed by atoms with E-state index in [0.717, 1.165) is 11.8 Å². The van der Waals surface area contributed by atoms with Crippen LogP contribution in [0.5, 0.6) is 0 Å². The Balaban J connectivity index is 4.06. The summed E-state index contributed by atoms with van der Waals surface area (Å²) in [6.07, 6.45) is 2.72. The maximum absolute atomic E-state index is 2.55. The summed E-state index contributed by atoms with van der Waals surface area (Å²) in [5.74, 6) is 1.70. The van der Waals surface area contributed by atoms with Crippen LogP contribution < -0.4 is 0 Å². The first-order valence-corrected chi connectivity index (χ1v) is 8.03. The summed E-state index contributed by atoms with van der Waals surface area (Å²) in [6, 6.07) is 0. The van der Waals surface area contributed by atoms with Gasteiger partial charge in [-0.2, -0.15) is 0 Å². The van der Waals surface area contributed by atoms with E-state index in [0.29, 0.717) is 0 Å². The summed E-state index contributed by atoms with van der Waals surface area (Å²) in [5.41, 5.74) is 0. The molecular formula is C16H36N2. The van der Waals surface area contributed by atoms with Gasteiger partial charge in [0.15, 0.2) is 0 Å². The van der Waals surface area contributed by atoms with Crippen molar-refractivity contribution in [3.05, 3.63) is 0 Å². The molecule has 0 radical (unpaired) electrons. The van der Waals surface area contributed by atoms with Gasteiger partial charge in [-0.1, -0.05) is 41.5 Å². The molecule has 0 fully saturated rings. The highest BCUT2D eigenvalue weighted by Crippen LogP contribution is 2.20. The van der Waals surface area contributed by atoms with Crippen molar-refractivity contribution < 1.29 is 0 Å². The van der Waals surface area contributed by atoms with Gasteiger partial charge in [-0.05, 0) is 63.9 Å². The Morgan fingerprint density at radius 1 is 0.667 bits per heavy atom. The first-order valence-electron chi connectivity index (χ1n) is 8.03. The maximum atomic E-state index is 2.55. The van der Waals surface area contributed by atoms with Crippen molar-refractivity contribution in [1.82, 2.24) is 9.80 Å². The Kier molecular flexibility index (Phi) is 10.8. The molecule has 0 N–H and O–H groups in total. The van der Waals surface area contributed by atoms with E-state index >= 15 is 0 Å². The maximum Gasteiger partial charge on any atom is -0.00162 e. The predicted molar refractivity (Wildman–Crippen MR) is 83.1 cm³/mol. The van der Waals surface area contributed by atoms with E-state index in [-0.39, 0.29) is 0 Å². The van der Waals surface area contributed by atoms with Crippen molar-refractivity contribution in [2.24, 2.45) is 11.8 Å². The summed E-state index contributed by atoms with van der Waals surface area (Å²) in [4.78, 5) is 5.10. The normalized spacial score (nSPS) is 12.3. The van der Waals surface area contributed by atoms with Crippen LogP contribution in [0, 0.1) is 11.8 Å². The standard InChI is InChI=1S/C16H36N2/c1-7-17(8-2)13-11-16(15(5)6)12-14-18(9-3)10-4/h15-16H,7-14H2,1-6H3. The van der Waals surface area contributed by atoms with Crippen LogP contribution in [0.4, 0.5) is 0 Å². The molecule has 2 heteroatoms. The molecule has 2 nitrogen and oxygen atoms in total. The fraction of sp³-hybridized carbons (Fsp3) is 1.00. The highest BCUT2D eigenvalue weighted by Gasteiger charge is 2.15. The van der Waals surface area contributed by atoms with Crippen LogP contribution in [0.2, 0.25) is 0 Å².